The van der Waals surface area contributed by atoms with Gasteiger partial charge in [-0.2, -0.15) is 5.10 Å². The molecule has 0 fully saturated rings. The molecule has 0 atom stereocenters. The van der Waals surface area contributed by atoms with Crippen molar-refractivity contribution < 1.29 is 4.79 Å². The minimum absolute atomic E-state index is 0.274. The van der Waals surface area contributed by atoms with Crippen LogP contribution in [0.5, 0.6) is 0 Å². The van der Waals surface area contributed by atoms with E-state index in [1.165, 1.54) is 11.8 Å². The molecule has 0 spiro atoms. The molecular weight excluding hydrogens is 338 g/mol. The number of benzene rings is 2. The molecule has 0 aliphatic rings. The van der Waals surface area contributed by atoms with E-state index in [9.17, 15) is 4.79 Å². The smallest absolute Gasteiger partial charge is 0.275 e. The van der Waals surface area contributed by atoms with Gasteiger partial charge in [0.2, 0.25) is 0 Å². The SMILES string of the molecule is Cc1ccc(-n2nc(C)c(NC(=O)c3cnc4ccccc4n3)c2C)cc1. The molecule has 6 heteroatoms. The van der Waals surface area contributed by atoms with Crippen LogP contribution in [-0.2, 0) is 0 Å². The van der Waals surface area contributed by atoms with Crippen molar-refractivity contribution in [3.05, 3.63) is 77.4 Å². The lowest BCUT2D eigenvalue weighted by Gasteiger charge is -2.07. The first-order chi connectivity index (χ1) is 13.0. The highest BCUT2D eigenvalue weighted by atomic mass is 16.1. The summed E-state index contributed by atoms with van der Waals surface area (Å²) in [5.41, 5.74) is 6.15. The van der Waals surface area contributed by atoms with Crippen LogP contribution in [0.2, 0.25) is 0 Å². The van der Waals surface area contributed by atoms with Gasteiger partial charge < -0.3 is 5.32 Å². The Kier molecular flexibility index (Phi) is 4.16. The van der Waals surface area contributed by atoms with Gasteiger partial charge in [-0.1, -0.05) is 29.8 Å². The highest BCUT2D eigenvalue weighted by Gasteiger charge is 2.17. The number of nitrogens with zero attached hydrogens (tertiary/aromatic N) is 4. The largest absolute Gasteiger partial charge is 0.317 e. The first-order valence-electron chi connectivity index (χ1n) is 8.69. The Balaban J connectivity index is 1.65. The highest BCUT2D eigenvalue weighted by Crippen LogP contribution is 2.23. The summed E-state index contributed by atoms with van der Waals surface area (Å²) < 4.78 is 1.83. The van der Waals surface area contributed by atoms with Crippen molar-refractivity contribution in [1.29, 1.82) is 0 Å². The number of hydrogen-bond donors (Lipinski definition) is 1. The Bertz CT molecular complexity index is 1150. The van der Waals surface area contributed by atoms with E-state index in [0.717, 1.165) is 22.6 Å². The van der Waals surface area contributed by atoms with Crippen LogP contribution in [0.4, 0.5) is 5.69 Å². The molecular formula is C21H19N5O. The maximum atomic E-state index is 12.7. The maximum Gasteiger partial charge on any atom is 0.275 e. The van der Waals surface area contributed by atoms with Gasteiger partial charge >= 0.3 is 0 Å². The molecule has 1 N–H and O–H groups in total. The Hall–Kier alpha value is -3.54. The molecule has 0 saturated carbocycles. The maximum absolute atomic E-state index is 12.7. The van der Waals surface area contributed by atoms with Crippen LogP contribution in [0.1, 0.15) is 27.4 Å². The third kappa shape index (κ3) is 3.17. The zero-order valence-electron chi connectivity index (χ0n) is 15.4. The van der Waals surface area contributed by atoms with Gasteiger partial charge in [-0.15, -0.1) is 0 Å². The molecule has 134 valence electrons. The second-order valence-corrected chi connectivity index (χ2v) is 6.49. The number of amides is 1. The van der Waals surface area contributed by atoms with Crippen LogP contribution >= 0.6 is 0 Å². The third-order valence-corrected chi connectivity index (χ3v) is 4.49. The third-order valence-electron chi connectivity index (χ3n) is 4.49. The highest BCUT2D eigenvalue weighted by molar-refractivity contribution is 6.04. The van der Waals surface area contributed by atoms with E-state index in [1.54, 1.807) is 0 Å². The molecule has 0 bridgehead atoms. The summed E-state index contributed by atoms with van der Waals surface area (Å²) in [7, 11) is 0. The van der Waals surface area contributed by atoms with Gasteiger partial charge in [0.05, 0.1) is 40.0 Å². The van der Waals surface area contributed by atoms with Crippen molar-refractivity contribution in [3.8, 4) is 5.69 Å². The first kappa shape index (κ1) is 16.9. The van der Waals surface area contributed by atoms with E-state index in [0.29, 0.717) is 11.2 Å². The predicted octanol–water partition coefficient (Wildman–Crippen LogP) is 3.99. The summed E-state index contributed by atoms with van der Waals surface area (Å²) in [6.07, 6.45) is 1.49. The number of hydrogen-bond acceptors (Lipinski definition) is 4. The second kappa shape index (κ2) is 6.64. The second-order valence-electron chi connectivity index (χ2n) is 6.49. The average molecular weight is 357 g/mol. The molecule has 2 aromatic heterocycles. The fourth-order valence-corrected chi connectivity index (χ4v) is 3.01. The lowest BCUT2D eigenvalue weighted by atomic mass is 10.2. The summed E-state index contributed by atoms with van der Waals surface area (Å²) in [6, 6.07) is 15.6. The Morgan fingerprint density at radius 3 is 2.41 bits per heavy atom. The van der Waals surface area contributed by atoms with Gasteiger partial charge in [0.1, 0.15) is 5.69 Å². The van der Waals surface area contributed by atoms with Gasteiger partial charge in [-0.05, 0) is 45.0 Å². The van der Waals surface area contributed by atoms with E-state index < -0.39 is 0 Å². The zero-order chi connectivity index (χ0) is 19.0. The van der Waals surface area contributed by atoms with Gasteiger partial charge in [-0.3, -0.25) is 9.78 Å². The molecule has 2 aromatic carbocycles. The van der Waals surface area contributed by atoms with Crippen molar-refractivity contribution in [2.45, 2.75) is 20.8 Å². The number of nitrogens with one attached hydrogen (secondary N) is 1. The number of anilines is 1. The van der Waals surface area contributed by atoms with Gasteiger partial charge in [0.15, 0.2) is 0 Å². The molecule has 4 rings (SSSR count). The number of fused-ring (bicyclic) bond motifs is 1. The Labute approximate surface area is 156 Å². The lowest BCUT2D eigenvalue weighted by Crippen LogP contribution is -2.15. The van der Waals surface area contributed by atoms with Crippen LogP contribution < -0.4 is 5.32 Å². The Morgan fingerprint density at radius 2 is 1.67 bits per heavy atom. The van der Waals surface area contributed by atoms with E-state index in [2.05, 4.69) is 20.4 Å². The summed E-state index contributed by atoms with van der Waals surface area (Å²) in [6.45, 7) is 5.85. The van der Waals surface area contributed by atoms with Crippen LogP contribution in [-0.4, -0.2) is 25.7 Å². The lowest BCUT2D eigenvalue weighted by molar-refractivity contribution is 0.102. The van der Waals surface area contributed by atoms with Crippen molar-refractivity contribution >= 4 is 22.6 Å². The fourth-order valence-electron chi connectivity index (χ4n) is 3.01. The molecule has 27 heavy (non-hydrogen) atoms. The molecule has 0 saturated heterocycles. The predicted molar refractivity (Wildman–Crippen MR) is 105 cm³/mol. The zero-order valence-corrected chi connectivity index (χ0v) is 15.4. The van der Waals surface area contributed by atoms with Gasteiger partial charge in [0, 0.05) is 0 Å². The number of rotatable bonds is 3. The number of aromatic nitrogens is 4. The molecule has 0 unspecified atom stereocenters. The minimum atomic E-state index is -0.303. The summed E-state index contributed by atoms with van der Waals surface area (Å²) in [5.74, 6) is -0.303. The van der Waals surface area contributed by atoms with Crippen molar-refractivity contribution in [1.82, 2.24) is 19.7 Å². The standard InChI is InChI=1S/C21H19N5O/c1-13-8-10-16(11-9-13)26-15(3)20(14(2)25-26)24-21(27)19-12-22-17-6-4-5-7-18(17)23-19/h4-12H,1-3H3,(H,24,27). The van der Waals surface area contributed by atoms with E-state index in [1.807, 2.05) is 74.0 Å². The summed E-state index contributed by atoms with van der Waals surface area (Å²) >= 11 is 0. The van der Waals surface area contributed by atoms with Crippen LogP contribution in [0.25, 0.3) is 16.7 Å². The molecule has 2 heterocycles. The molecule has 6 nitrogen and oxygen atoms in total. The fraction of sp³-hybridized carbons (Fsp3) is 0.143. The normalized spacial score (nSPS) is 10.9. The quantitative estimate of drug-likeness (QED) is 0.602. The first-order valence-corrected chi connectivity index (χ1v) is 8.69. The van der Waals surface area contributed by atoms with Crippen molar-refractivity contribution in [2.75, 3.05) is 5.32 Å². The molecule has 4 aromatic rings. The van der Waals surface area contributed by atoms with Crippen molar-refractivity contribution in [2.24, 2.45) is 0 Å². The molecule has 0 radical (unpaired) electrons. The van der Waals surface area contributed by atoms with E-state index in [4.69, 9.17) is 0 Å². The van der Waals surface area contributed by atoms with E-state index in [-0.39, 0.29) is 11.6 Å². The average Bonchev–Trinajstić information content (AvgIpc) is 2.96. The van der Waals surface area contributed by atoms with E-state index >= 15 is 0 Å². The monoisotopic (exact) mass is 357 g/mol. The van der Waals surface area contributed by atoms with Crippen molar-refractivity contribution in [3.63, 3.8) is 0 Å². The van der Waals surface area contributed by atoms with Crippen LogP contribution in [0, 0.1) is 20.8 Å². The van der Waals surface area contributed by atoms with Crippen LogP contribution in [0.3, 0.4) is 0 Å². The minimum Gasteiger partial charge on any atom is -0.317 e. The topological polar surface area (TPSA) is 72.7 Å². The van der Waals surface area contributed by atoms with Gasteiger partial charge in [0.25, 0.3) is 5.91 Å². The number of para-hydroxylation sites is 2. The summed E-state index contributed by atoms with van der Waals surface area (Å²) in [5, 5.41) is 7.51. The molecule has 1 amide bonds. The summed E-state index contributed by atoms with van der Waals surface area (Å²) in [4.78, 5) is 21.4. The molecule has 0 aliphatic heterocycles. The number of carbonyl (C=O) groups is 1. The van der Waals surface area contributed by atoms with Gasteiger partial charge in [-0.25, -0.2) is 9.67 Å². The van der Waals surface area contributed by atoms with Crippen LogP contribution in [0.15, 0.2) is 54.7 Å². The molecule has 0 aliphatic carbocycles. The Morgan fingerprint density at radius 1 is 0.963 bits per heavy atom. The number of aryl methyl sites for hydroxylation is 2. The number of carbonyl (C=O) groups excluding carboxylic acids is 1.